The van der Waals surface area contributed by atoms with E-state index in [0.717, 1.165) is 5.56 Å². The van der Waals surface area contributed by atoms with Crippen LogP contribution in [-0.4, -0.2) is 36.7 Å². The van der Waals surface area contributed by atoms with Gasteiger partial charge in [-0.2, -0.15) is 4.31 Å². The molecule has 1 amide bonds. The minimum Gasteiger partial charge on any atom is -0.455 e. The van der Waals surface area contributed by atoms with Gasteiger partial charge in [-0.3, -0.25) is 9.78 Å². The van der Waals surface area contributed by atoms with Crippen molar-refractivity contribution in [3.05, 3.63) is 65.8 Å². The van der Waals surface area contributed by atoms with Gasteiger partial charge >= 0.3 is 0 Å². The minimum atomic E-state index is -3.55. The van der Waals surface area contributed by atoms with Crippen LogP contribution in [0.1, 0.15) is 18.4 Å². The van der Waals surface area contributed by atoms with Gasteiger partial charge in [-0.05, 0) is 67.1 Å². The Morgan fingerprint density at radius 1 is 1.26 bits per heavy atom. The molecule has 1 fully saturated rings. The van der Waals surface area contributed by atoms with Crippen LogP contribution in [0.5, 0.6) is 11.5 Å². The zero-order chi connectivity index (χ0) is 21.8. The monoisotopic (exact) mass is 457 g/mol. The molecule has 1 unspecified atom stereocenters. The molecule has 1 atom stereocenters. The van der Waals surface area contributed by atoms with Crippen molar-refractivity contribution in [3.63, 3.8) is 0 Å². The van der Waals surface area contributed by atoms with Crippen molar-refractivity contribution >= 4 is 33.0 Å². The summed E-state index contributed by atoms with van der Waals surface area (Å²) in [6.45, 7) is 2.52. The standard InChI is InChI=1S/C22H23N3O4S2/c1-16-13-18(8-9-20(16)29-19-6-2-10-23-14-19)24-22(26)17-5-3-11-25(15-17)31(27,28)21-7-4-12-30-21/h2,4,6-10,12-14,17H,3,5,11,15H2,1H3,(H,24,26). The second-order valence-electron chi connectivity index (χ2n) is 7.39. The Bertz CT molecular complexity index is 1150. The molecule has 0 spiro atoms. The van der Waals surface area contributed by atoms with Gasteiger partial charge in [0.15, 0.2) is 0 Å². The van der Waals surface area contributed by atoms with Crippen LogP contribution in [0.3, 0.4) is 0 Å². The number of carbonyl (C=O) groups is 1. The number of aromatic nitrogens is 1. The number of hydrogen-bond acceptors (Lipinski definition) is 6. The van der Waals surface area contributed by atoms with Crippen molar-refractivity contribution in [2.75, 3.05) is 18.4 Å². The van der Waals surface area contributed by atoms with Gasteiger partial charge in [-0.15, -0.1) is 11.3 Å². The van der Waals surface area contributed by atoms with Crippen molar-refractivity contribution in [1.29, 1.82) is 0 Å². The molecule has 31 heavy (non-hydrogen) atoms. The highest BCUT2D eigenvalue weighted by atomic mass is 32.2. The number of benzene rings is 1. The van der Waals surface area contributed by atoms with E-state index in [9.17, 15) is 13.2 Å². The Morgan fingerprint density at radius 3 is 2.84 bits per heavy atom. The van der Waals surface area contributed by atoms with Gasteiger partial charge in [0, 0.05) is 25.0 Å². The first-order valence-electron chi connectivity index (χ1n) is 9.96. The number of thiophene rings is 1. The van der Waals surface area contributed by atoms with Crippen LogP contribution in [0.2, 0.25) is 0 Å². The van der Waals surface area contributed by atoms with Gasteiger partial charge in [0.05, 0.1) is 12.1 Å². The average molecular weight is 458 g/mol. The first-order valence-corrected chi connectivity index (χ1v) is 12.3. The quantitative estimate of drug-likeness (QED) is 0.597. The Labute approximate surface area is 185 Å². The smallest absolute Gasteiger partial charge is 0.252 e. The molecule has 0 saturated carbocycles. The van der Waals surface area contributed by atoms with E-state index in [2.05, 4.69) is 10.3 Å². The molecule has 1 saturated heterocycles. The Morgan fingerprint density at radius 2 is 2.13 bits per heavy atom. The van der Waals surface area contributed by atoms with E-state index < -0.39 is 15.9 Å². The Hall–Kier alpha value is -2.75. The van der Waals surface area contributed by atoms with Gasteiger partial charge in [-0.25, -0.2) is 8.42 Å². The van der Waals surface area contributed by atoms with Gasteiger partial charge in [0.25, 0.3) is 10.0 Å². The number of carbonyl (C=O) groups excluding carboxylic acids is 1. The predicted molar refractivity (Wildman–Crippen MR) is 120 cm³/mol. The lowest BCUT2D eigenvalue weighted by atomic mass is 9.98. The molecule has 1 N–H and O–H groups in total. The normalized spacial score (nSPS) is 17.3. The number of pyridine rings is 1. The van der Waals surface area contributed by atoms with Crippen molar-refractivity contribution in [3.8, 4) is 11.5 Å². The SMILES string of the molecule is Cc1cc(NC(=O)C2CCCN(S(=O)(=O)c3cccs3)C2)ccc1Oc1cccnc1. The fraction of sp³-hybridized carbons (Fsp3) is 0.273. The maximum Gasteiger partial charge on any atom is 0.252 e. The van der Waals surface area contributed by atoms with E-state index in [-0.39, 0.29) is 12.5 Å². The number of sulfonamides is 1. The van der Waals surface area contributed by atoms with E-state index in [1.54, 1.807) is 48.1 Å². The lowest BCUT2D eigenvalue weighted by Crippen LogP contribution is -2.43. The third-order valence-electron chi connectivity index (χ3n) is 5.15. The molecule has 4 rings (SSSR count). The summed E-state index contributed by atoms with van der Waals surface area (Å²) in [6, 6.07) is 12.3. The molecule has 7 nitrogen and oxygen atoms in total. The van der Waals surface area contributed by atoms with Gasteiger partial charge in [0.2, 0.25) is 5.91 Å². The van der Waals surface area contributed by atoms with Crippen molar-refractivity contribution in [2.24, 2.45) is 5.92 Å². The minimum absolute atomic E-state index is 0.175. The topological polar surface area (TPSA) is 88.6 Å². The summed E-state index contributed by atoms with van der Waals surface area (Å²) in [6.07, 6.45) is 4.62. The number of aryl methyl sites for hydroxylation is 1. The van der Waals surface area contributed by atoms with E-state index in [1.807, 2.05) is 19.1 Å². The summed E-state index contributed by atoms with van der Waals surface area (Å²) in [5.74, 6) is 0.745. The van der Waals surface area contributed by atoms with Gasteiger partial charge in [-0.1, -0.05) is 6.07 Å². The molecule has 9 heteroatoms. The van der Waals surface area contributed by atoms with Crippen molar-refractivity contribution in [1.82, 2.24) is 9.29 Å². The zero-order valence-electron chi connectivity index (χ0n) is 17.0. The zero-order valence-corrected chi connectivity index (χ0v) is 18.7. The third-order valence-corrected chi connectivity index (χ3v) is 8.39. The van der Waals surface area contributed by atoms with Crippen molar-refractivity contribution in [2.45, 2.75) is 24.0 Å². The fourth-order valence-electron chi connectivity index (χ4n) is 3.53. The summed E-state index contributed by atoms with van der Waals surface area (Å²) in [5.41, 5.74) is 1.52. The highest BCUT2D eigenvalue weighted by Crippen LogP contribution is 2.29. The summed E-state index contributed by atoms with van der Waals surface area (Å²) in [5, 5.41) is 4.67. The van der Waals surface area contributed by atoms with Crippen LogP contribution in [0, 0.1) is 12.8 Å². The first kappa shape index (κ1) is 21.5. The van der Waals surface area contributed by atoms with Gasteiger partial charge in [0.1, 0.15) is 15.7 Å². The lowest BCUT2D eigenvalue weighted by Gasteiger charge is -2.30. The van der Waals surface area contributed by atoms with Crippen LogP contribution in [-0.2, 0) is 14.8 Å². The number of piperidine rings is 1. The highest BCUT2D eigenvalue weighted by Gasteiger charge is 2.33. The molecule has 1 aliphatic rings. The van der Waals surface area contributed by atoms with E-state index in [4.69, 9.17) is 4.74 Å². The second-order valence-corrected chi connectivity index (χ2v) is 10.5. The summed E-state index contributed by atoms with van der Waals surface area (Å²) in [4.78, 5) is 16.9. The van der Waals surface area contributed by atoms with Crippen LogP contribution in [0.4, 0.5) is 5.69 Å². The van der Waals surface area contributed by atoms with Gasteiger partial charge < -0.3 is 10.1 Å². The molecule has 1 aliphatic heterocycles. The molecular weight excluding hydrogens is 434 g/mol. The second kappa shape index (κ2) is 9.17. The Kier molecular flexibility index (Phi) is 6.35. The Balaban J connectivity index is 1.41. The molecule has 3 heterocycles. The van der Waals surface area contributed by atoms with E-state index in [0.29, 0.717) is 40.8 Å². The maximum absolute atomic E-state index is 12.8. The first-order chi connectivity index (χ1) is 14.9. The fourth-order valence-corrected chi connectivity index (χ4v) is 6.20. The molecular formula is C22H23N3O4S2. The summed E-state index contributed by atoms with van der Waals surface area (Å²) < 4.78 is 33.1. The molecule has 3 aromatic rings. The number of amides is 1. The van der Waals surface area contributed by atoms with Crippen LogP contribution < -0.4 is 10.1 Å². The van der Waals surface area contributed by atoms with Crippen LogP contribution in [0.25, 0.3) is 0 Å². The predicted octanol–water partition coefficient (Wildman–Crippen LogP) is 4.28. The average Bonchev–Trinajstić information content (AvgIpc) is 3.32. The number of hydrogen-bond donors (Lipinski definition) is 1. The molecule has 162 valence electrons. The number of nitrogens with one attached hydrogen (secondary N) is 1. The third kappa shape index (κ3) is 4.95. The van der Waals surface area contributed by atoms with E-state index >= 15 is 0 Å². The van der Waals surface area contributed by atoms with Crippen LogP contribution >= 0.6 is 11.3 Å². The van der Waals surface area contributed by atoms with E-state index in [1.165, 1.54) is 15.6 Å². The number of ether oxygens (including phenoxy) is 1. The largest absolute Gasteiger partial charge is 0.455 e. The highest BCUT2D eigenvalue weighted by molar-refractivity contribution is 7.91. The summed E-state index contributed by atoms with van der Waals surface area (Å²) >= 11 is 1.19. The molecule has 2 aromatic heterocycles. The number of rotatable bonds is 6. The molecule has 1 aromatic carbocycles. The molecule has 0 radical (unpaired) electrons. The van der Waals surface area contributed by atoms with Crippen molar-refractivity contribution < 1.29 is 17.9 Å². The molecule has 0 aliphatic carbocycles. The summed E-state index contributed by atoms with van der Waals surface area (Å²) in [7, 11) is -3.55. The van der Waals surface area contributed by atoms with Crippen LogP contribution in [0.15, 0.2) is 64.4 Å². The lowest BCUT2D eigenvalue weighted by molar-refractivity contribution is -0.120. The maximum atomic E-state index is 12.8. The number of nitrogens with zero attached hydrogens (tertiary/aromatic N) is 2. The number of anilines is 1. The molecule has 0 bridgehead atoms.